The molecule has 0 aliphatic rings. The zero-order valence-electron chi connectivity index (χ0n) is 11.5. The van der Waals surface area contributed by atoms with Crippen LogP contribution in [0.25, 0.3) is 0 Å². The lowest BCUT2D eigenvalue weighted by Gasteiger charge is -2.12. The highest BCUT2D eigenvalue weighted by Crippen LogP contribution is 2.17. The monoisotopic (exact) mass is 336 g/mol. The topological polar surface area (TPSA) is 121 Å². The summed E-state index contributed by atoms with van der Waals surface area (Å²) in [5, 5.41) is 8.46. The minimum absolute atomic E-state index is 0.0287. The summed E-state index contributed by atoms with van der Waals surface area (Å²) in [7, 11) is -4.59. The Labute approximate surface area is 123 Å². The highest BCUT2D eigenvalue weighted by Gasteiger charge is 2.17. The van der Waals surface area contributed by atoms with Gasteiger partial charge in [0.05, 0.1) is 17.1 Å². The third-order valence-electron chi connectivity index (χ3n) is 2.49. The van der Waals surface area contributed by atoms with Gasteiger partial charge in [0.2, 0.25) is 20.0 Å². The molecule has 0 aromatic heterocycles. The van der Waals surface area contributed by atoms with Gasteiger partial charge >= 0.3 is 5.97 Å². The summed E-state index contributed by atoms with van der Waals surface area (Å²) in [4.78, 5) is 10.4. The summed E-state index contributed by atoms with van der Waals surface area (Å²) in [6.45, 7) is 0. The van der Waals surface area contributed by atoms with Crippen molar-refractivity contribution < 1.29 is 26.7 Å². The van der Waals surface area contributed by atoms with Gasteiger partial charge < -0.3 is 5.11 Å². The molecule has 118 valence electrons. The summed E-state index contributed by atoms with van der Waals surface area (Å²) >= 11 is 0. The second kappa shape index (κ2) is 6.41. The minimum Gasteiger partial charge on any atom is -0.481 e. The highest BCUT2D eigenvalue weighted by atomic mass is 32.2. The van der Waals surface area contributed by atoms with E-state index in [0.29, 0.717) is 0 Å². The number of rotatable bonds is 7. The van der Waals surface area contributed by atoms with E-state index in [1.54, 1.807) is 0 Å². The molecule has 0 saturated carbocycles. The van der Waals surface area contributed by atoms with Gasteiger partial charge in [0.1, 0.15) is 0 Å². The summed E-state index contributed by atoms with van der Waals surface area (Å²) < 4.78 is 50.1. The normalized spacial score (nSPS) is 12.3. The third-order valence-corrected chi connectivity index (χ3v) is 5.61. The van der Waals surface area contributed by atoms with Crippen LogP contribution in [0.1, 0.15) is 6.42 Å². The molecule has 0 amide bonds. The van der Waals surface area contributed by atoms with Crippen LogP contribution < -0.4 is 4.72 Å². The average Bonchev–Trinajstić information content (AvgIpc) is 2.36. The molecule has 0 fully saturated rings. The lowest BCUT2D eigenvalue weighted by Crippen LogP contribution is -2.22. The van der Waals surface area contributed by atoms with Gasteiger partial charge in [-0.1, -0.05) is 0 Å². The zero-order valence-corrected chi connectivity index (χ0v) is 13.1. The number of benzene rings is 1. The van der Waals surface area contributed by atoms with Crippen molar-refractivity contribution in [1.82, 2.24) is 4.31 Å². The Balaban J connectivity index is 2.87. The summed E-state index contributed by atoms with van der Waals surface area (Å²) in [6.07, 6.45) is -0.511. The van der Waals surface area contributed by atoms with Gasteiger partial charge in [-0.2, -0.15) is 0 Å². The van der Waals surface area contributed by atoms with Gasteiger partial charge in [-0.15, -0.1) is 0 Å². The van der Waals surface area contributed by atoms with Gasteiger partial charge in [0.15, 0.2) is 0 Å². The molecule has 1 rings (SSSR count). The maximum Gasteiger partial charge on any atom is 0.304 e. The van der Waals surface area contributed by atoms with Crippen molar-refractivity contribution in [2.45, 2.75) is 11.3 Å². The lowest BCUT2D eigenvalue weighted by molar-refractivity contribution is -0.136. The number of carboxylic acids is 1. The molecule has 1 aromatic rings. The highest BCUT2D eigenvalue weighted by molar-refractivity contribution is 7.92. The molecule has 8 nitrogen and oxygen atoms in total. The Hall–Kier alpha value is -1.65. The molecular weight excluding hydrogens is 320 g/mol. The molecule has 1 aromatic carbocycles. The molecule has 0 aliphatic carbocycles. The van der Waals surface area contributed by atoms with E-state index in [1.165, 1.54) is 38.4 Å². The van der Waals surface area contributed by atoms with E-state index in [2.05, 4.69) is 4.72 Å². The Kier molecular flexibility index (Phi) is 5.31. The van der Waals surface area contributed by atoms with Crippen LogP contribution in [0, 0.1) is 0 Å². The Morgan fingerprint density at radius 1 is 1.14 bits per heavy atom. The number of nitrogens with one attached hydrogen (secondary N) is 1. The van der Waals surface area contributed by atoms with Crippen molar-refractivity contribution in [2.75, 3.05) is 24.6 Å². The number of carbonyl (C=O) groups is 1. The number of hydrogen-bond donors (Lipinski definition) is 2. The fourth-order valence-corrected chi connectivity index (χ4v) is 3.30. The molecule has 0 bridgehead atoms. The Morgan fingerprint density at radius 2 is 1.67 bits per heavy atom. The van der Waals surface area contributed by atoms with E-state index in [1.807, 2.05) is 0 Å². The van der Waals surface area contributed by atoms with Crippen molar-refractivity contribution >= 4 is 31.7 Å². The Morgan fingerprint density at radius 3 is 2.10 bits per heavy atom. The van der Waals surface area contributed by atoms with E-state index in [0.717, 1.165) is 4.31 Å². The molecule has 21 heavy (non-hydrogen) atoms. The molecule has 0 atom stereocenters. The van der Waals surface area contributed by atoms with Gasteiger partial charge in [-0.3, -0.25) is 9.52 Å². The molecular formula is C11H16N2O6S2. The fraction of sp³-hybridized carbons (Fsp3) is 0.364. The zero-order chi connectivity index (χ0) is 16.3. The second-order valence-corrected chi connectivity index (χ2v) is 8.37. The SMILES string of the molecule is CN(C)S(=O)(=O)c1ccc(NS(=O)(=O)CCC(=O)O)cc1. The quantitative estimate of drug-likeness (QED) is 0.731. The molecule has 0 spiro atoms. The van der Waals surface area contributed by atoms with Crippen LogP contribution in [0.3, 0.4) is 0 Å². The predicted octanol–water partition coefficient (Wildman–Crippen LogP) is 0.153. The van der Waals surface area contributed by atoms with Crippen LogP contribution >= 0.6 is 0 Å². The van der Waals surface area contributed by atoms with E-state index in [4.69, 9.17) is 5.11 Å². The van der Waals surface area contributed by atoms with Crippen molar-refractivity contribution in [3.8, 4) is 0 Å². The predicted molar refractivity (Wildman–Crippen MR) is 77.0 cm³/mol. The molecule has 0 radical (unpaired) electrons. The van der Waals surface area contributed by atoms with Crippen molar-refractivity contribution in [1.29, 1.82) is 0 Å². The lowest BCUT2D eigenvalue weighted by atomic mass is 10.3. The van der Waals surface area contributed by atoms with Crippen LogP contribution in [0.2, 0.25) is 0 Å². The van der Waals surface area contributed by atoms with E-state index in [-0.39, 0.29) is 10.6 Å². The summed E-state index contributed by atoms with van der Waals surface area (Å²) in [6, 6.07) is 5.14. The van der Waals surface area contributed by atoms with Crippen molar-refractivity contribution in [3.63, 3.8) is 0 Å². The number of hydrogen-bond acceptors (Lipinski definition) is 5. The average molecular weight is 336 g/mol. The molecule has 0 aliphatic heterocycles. The number of carboxylic acid groups (broad SMARTS) is 1. The van der Waals surface area contributed by atoms with Gasteiger partial charge in [0.25, 0.3) is 0 Å². The van der Waals surface area contributed by atoms with Gasteiger partial charge in [-0.25, -0.2) is 21.1 Å². The molecule has 0 heterocycles. The first kappa shape index (κ1) is 17.4. The van der Waals surface area contributed by atoms with Gasteiger partial charge in [-0.05, 0) is 24.3 Å². The molecule has 0 saturated heterocycles. The molecule has 2 N–H and O–H groups in total. The first-order chi connectivity index (χ1) is 9.54. The first-order valence-electron chi connectivity index (χ1n) is 5.79. The van der Waals surface area contributed by atoms with E-state index >= 15 is 0 Å². The van der Waals surface area contributed by atoms with Crippen molar-refractivity contribution in [3.05, 3.63) is 24.3 Å². The minimum atomic E-state index is -3.79. The fourth-order valence-electron chi connectivity index (χ4n) is 1.36. The summed E-state index contributed by atoms with van der Waals surface area (Å²) in [5.74, 6) is -1.77. The molecule has 10 heteroatoms. The van der Waals surface area contributed by atoms with E-state index < -0.39 is 38.2 Å². The molecule has 0 unspecified atom stereocenters. The standard InChI is InChI=1S/C11H16N2O6S2/c1-13(2)21(18,19)10-5-3-9(4-6-10)12-20(16,17)8-7-11(14)15/h3-6,12H,7-8H2,1-2H3,(H,14,15). The number of sulfonamides is 2. The smallest absolute Gasteiger partial charge is 0.304 e. The largest absolute Gasteiger partial charge is 0.481 e. The summed E-state index contributed by atoms with van der Waals surface area (Å²) in [5.41, 5.74) is 0.165. The van der Waals surface area contributed by atoms with Crippen LogP contribution in [0.5, 0.6) is 0 Å². The third kappa shape index (κ3) is 4.99. The maximum absolute atomic E-state index is 11.8. The van der Waals surface area contributed by atoms with E-state index in [9.17, 15) is 21.6 Å². The number of nitrogens with zero attached hydrogens (tertiary/aromatic N) is 1. The van der Waals surface area contributed by atoms with Gasteiger partial charge in [0, 0.05) is 19.8 Å². The first-order valence-corrected chi connectivity index (χ1v) is 8.89. The van der Waals surface area contributed by atoms with Crippen LogP contribution in [0.15, 0.2) is 29.2 Å². The number of aliphatic carboxylic acids is 1. The second-order valence-electron chi connectivity index (χ2n) is 4.38. The van der Waals surface area contributed by atoms with Crippen LogP contribution in [-0.4, -0.2) is 52.1 Å². The Bertz CT molecular complexity index is 708. The maximum atomic E-state index is 11.8. The number of anilines is 1. The van der Waals surface area contributed by atoms with Crippen LogP contribution in [-0.2, 0) is 24.8 Å². The van der Waals surface area contributed by atoms with Crippen LogP contribution in [0.4, 0.5) is 5.69 Å². The van der Waals surface area contributed by atoms with Crippen molar-refractivity contribution in [2.24, 2.45) is 0 Å².